The molecule has 0 radical (unpaired) electrons. The zero-order valence-corrected chi connectivity index (χ0v) is 8.16. The number of aliphatic hydroxyl groups excluding tert-OH is 1. The fourth-order valence-electron chi connectivity index (χ4n) is 1.23. The molecule has 0 spiro atoms. The van der Waals surface area contributed by atoms with Crippen LogP contribution in [0.1, 0.15) is 5.76 Å². The van der Waals surface area contributed by atoms with Gasteiger partial charge in [-0.15, -0.1) is 0 Å². The van der Waals surface area contributed by atoms with Crippen molar-refractivity contribution >= 4 is 11.6 Å². The van der Waals surface area contributed by atoms with Gasteiger partial charge in [0.05, 0.1) is 0 Å². The summed E-state index contributed by atoms with van der Waals surface area (Å²) >= 11 is 5.76. The van der Waals surface area contributed by atoms with Crippen molar-refractivity contribution in [2.24, 2.45) is 0 Å². The molecule has 0 amide bonds. The van der Waals surface area contributed by atoms with E-state index in [0.29, 0.717) is 10.8 Å². The standard InChI is InChI=1S/C11H9ClO2/c12-9-3-1-8(2-4-9)11-6-5-10(7-13)14-11/h1-6,13H,7H2. The molecule has 1 aromatic heterocycles. The fraction of sp³-hybridized carbons (Fsp3) is 0.0909. The molecule has 72 valence electrons. The van der Waals surface area contributed by atoms with E-state index in [2.05, 4.69) is 0 Å². The van der Waals surface area contributed by atoms with Gasteiger partial charge < -0.3 is 9.52 Å². The van der Waals surface area contributed by atoms with Crippen LogP contribution in [-0.4, -0.2) is 5.11 Å². The summed E-state index contributed by atoms with van der Waals surface area (Å²) in [6.45, 7) is -0.0758. The van der Waals surface area contributed by atoms with Gasteiger partial charge in [0.25, 0.3) is 0 Å². The second-order valence-corrected chi connectivity index (χ2v) is 3.37. The molecule has 0 bridgehead atoms. The predicted molar refractivity (Wildman–Crippen MR) is 55.1 cm³/mol. The lowest BCUT2D eigenvalue weighted by Gasteiger charge is -1.96. The molecule has 14 heavy (non-hydrogen) atoms. The number of hydrogen-bond donors (Lipinski definition) is 1. The average molecular weight is 209 g/mol. The van der Waals surface area contributed by atoms with Crippen LogP contribution in [0.15, 0.2) is 40.8 Å². The van der Waals surface area contributed by atoms with Crippen molar-refractivity contribution in [3.8, 4) is 11.3 Å². The molecule has 3 heteroatoms. The Morgan fingerprint density at radius 1 is 1.07 bits per heavy atom. The summed E-state index contributed by atoms with van der Waals surface area (Å²) in [5.74, 6) is 1.31. The van der Waals surface area contributed by atoms with E-state index in [1.54, 1.807) is 18.2 Å². The Bertz CT molecular complexity index is 417. The SMILES string of the molecule is OCc1ccc(-c2ccc(Cl)cc2)o1. The highest BCUT2D eigenvalue weighted by atomic mass is 35.5. The third-order valence-corrected chi connectivity index (χ3v) is 2.20. The number of aliphatic hydroxyl groups is 1. The van der Waals surface area contributed by atoms with Gasteiger partial charge in [0, 0.05) is 10.6 Å². The van der Waals surface area contributed by atoms with Crippen LogP contribution in [0.5, 0.6) is 0 Å². The molecule has 0 saturated carbocycles. The van der Waals surface area contributed by atoms with Crippen LogP contribution in [0.4, 0.5) is 0 Å². The topological polar surface area (TPSA) is 33.4 Å². The van der Waals surface area contributed by atoms with Crippen LogP contribution in [0, 0.1) is 0 Å². The molecule has 2 aromatic rings. The van der Waals surface area contributed by atoms with E-state index in [-0.39, 0.29) is 6.61 Å². The maximum absolute atomic E-state index is 8.83. The molecule has 0 aliphatic rings. The summed E-state index contributed by atoms with van der Waals surface area (Å²) in [7, 11) is 0. The van der Waals surface area contributed by atoms with Gasteiger partial charge in [-0.2, -0.15) is 0 Å². The Morgan fingerprint density at radius 2 is 1.79 bits per heavy atom. The predicted octanol–water partition coefficient (Wildman–Crippen LogP) is 3.09. The molecular formula is C11H9ClO2. The maximum Gasteiger partial charge on any atom is 0.134 e. The molecule has 0 atom stereocenters. The number of benzene rings is 1. The summed E-state index contributed by atoms with van der Waals surface area (Å²) < 4.78 is 5.37. The Morgan fingerprint density at radius 3 is 2.36 bits per heavy atom. The van der Waals surface area contributed by atoms with Crippen LogP contribution in [0.3, 0.4) is 0 Å². The molecule has 1 N–H and O–H groups in total. The van der Waals surface area contributed by atoms with E-state index in [0.717, 1.165) is 11.3 Å². The number of halogens is 1. The number of rotatable bonds is 2. The van der Waals surface area contributed by atoms with Crippen molar-refractivity contribution in [1.29, 1.82) is 0 Å². The third kappa shape index (κ3) is 1.81. The first-order chi connectivity index (χ1) is 6.79. The smallest absolute Gasteiger partial charge is 0.134 e. The Kier molecular flexibility index (Phi) is 2.57. The molecule has 2 rings (SSSR count). The van der Waals surface area contributed by atoms with Gasteiger partial charge in [0.1, 0.15) is 18.1 Å². The summed E-state index contributed by atoms with van der Waals surface area (Å²) in [5, 5.41) is 9.52. The zero-order chi connectivity index (χ0) is 9.97. The van der Waals surface area contributed by atoms with Crippen molar-refractivity contribution in [3.05, 3.63) is 47.2 Å². The molecule has 0 aliphatic heterocycles. The zero-order valence-electron chi connectivity index (χ0n) is 7.40. The first kappa shape index (κ1) is 9.31. The molecule has 0 fully saturated rings. The number of hydrogen-bond acceptors (Lipinski definition) is 2. The first-order valence-corrected chi connectivity index (χ1v) is 4.63. The van der Waals surface area contributed by atoms with Crippen molar-refractivity contribution in [2.75, 3.05) is 0 Å². The van der Waals surface area contributed by atoms with Crippen molar-refractivity contribution in [2.45, 2.75) is 6.61 Å². The third-order valence-electron chi connectivity index (χ3n) is 1.95. The quantitative estimate of drug-likeness (QED) is 0.823. The molecule has 0 aliphatic carbocycles. The Labute approximate surface area is 86.7 Å². The van der Waals surface area contributed by atoms with Crippen LogP contribution in [-0.2, 0) is 6.61 Å². The molecule has 0 unspecified atom stereocenters. The number of furan rings is 1. The van der Waals surface area contributed by atoms with Crippen molar-refractivity contribution in [1.82, 2.24) is 0 Å². The van der Waals surface area contributed by atoms with E-state index in [1.807, 2.05) is 18.2 Å². The molecule has 1 aromatic carbocycles. The van der Waals surface area contributed by atoms with Crippen LogP contribution in [0.25, 0.3) is 11.3 Å². The lowest BCUT2D eigenvalue weighted by Crippen LogP contribution is -1.75. The molecular weight excluding hydrogens is 200 g/mol. The minimum atomic E-state index is -0.0758. The van der Waals surface area contributed by atoms with Crippen LogP contribution >= 0.6 is 11.6 Å². The largest absolute Gasteiger partial charge is 0.459 e. The lowest BCUT2D eigenvalue weighted by atomic mass is 10.2. The summed E-state index contributed by atoms with van der Waals surface area (Å²) in [5.41, 5.74) is 0.953. The van der Waals surface area contributed by atoms with Gasteiger partial charge in [0.15, 0.2) is 0 Å². The summed E-state index contributed by atoms with van der Waals surface area (Å²) in [6, 6.07) is 10.9. The van der Waals surface area contributed by atoms with Gasteiger partial charge in [-0.1, -0.05) is 11.6 Å². The van der Waals surface area contributed by atoms with Crippen LogP contribution < -0.4 is 0 Å². The lowest BCUT2D eigenvalue weighted by molar-refractivity contribution is 0.248. The molecule has 0 saturated heterocycles. The Hall–Kier alpha value is -1.25. The second-order valence-electron chi connectivity index (χ2n) is 2.93. The molecule has 2 nitrogen and oxygen atoms in total. The minimum Gasteiger partial charge on any atom is -0.459 e. The van der Waals surface area contributed by atoms with Crippen molar-refractivity contribution in [3.63, 3.8) is 0 Å². The van der Waals surface area contributed by atoms with Gasteiger partial charge in [-0.3, -0.25) is 0 Å². The van der Waals surface area contributed by atoms with Gasteiger partial charge in [0.2, 0.25) is 0 Å². The van der Waals surface area contributed by atoms with E-state index in [1.165, 1.54) is 0 Å². The normalized spacial score (nSPS) is 10.4. The van der Waals surface area contributed by atoms with Gasteiger partial charge >= 0.3 is 0 Å². The minimum absolute atomic E-state index is 0.0758. The van der Waals surface area contributed by atoms with E-state index in [4.69, 9.17) is 21.1 Å². The highest BCUT2D eigenvalue weighted by molar-refractivity contribution is 6.30. The highest BCUT2D eigenvalue weighted by Gasteiger charge is 2.03. The van der Waals surface area contributed by atoms with Gasteiger partial charge in [-0.25, -0.2) is 0 Å². The average Bonchev–Trinajstić information content (AvgIpc) is 2.67. The summed E-state index contributed by atoms with van der Waals surface area (Å²) in [4.78, 5) is 0. The first-order valence-electron chi connectivity index (χ1n) is 4.25. The van der Waals surface area contributed by atoms with E-state index >= 15 is 0 Å². The molecule has 1 heterocycles. The fourth-order valence-corrected chi connectivity index (χ4v) is 1.36. The highest BCUT2D eigenvalue weighted by Crippen LogP contribution is 2.23. The van der Waals surface area contributed by atoms with E-state index in [9.17, 15) is 0 Å². The monoisotopic (exact) mass is 208 g/mol. The Balaban J connectivity index is 2.34. The summed E-state index contributed by atoms with van der Waals surface area (Å²) in [6.07, 6.45) is 0. The van der Waals surface area contributed by atoms with Gasteiger partial charge in [-0.05, 0) is 36.4 Å². The maximum atomic E-state index is 8.83. The van der Waals surface area contributed by atoms with Crippen molar-refractivity contribution < 1.29 is 9.52 Å². The van der Waals surface area contributed by atoms with Crippen LogP contribution in [0.2, 0.25) is 5.02 Å². The van der Waals surface area contributed by atoms with E-state index < -0.39 is 0 Å². The second kappa shape index (κ2) is 3.86.